The second-order valence-corrected chi connectivity index (χ2v) is 6.65. The van der Waals surface area contributed by atoms with Crippen molar-refractivity contribution in [2.75, 3.05) is 31.4 Å². The van der Waals surface area contributed by atoms with Crippen molar-refractivity contribution in [3.05, 3.63) is 54.3 Å². The highest BCUT2D eigenvalue weighted by Gasteiger charge is 2.11. The highest BCUT2D eigenvalue weighted by atomic mass is 32.2. The molecule has 0 aliphatic rings. The lowest BCUT2D eigenvalue weighted by molar-refractivity contribution is -0.138. The molecule has 0 saturated carbocycles. The minimum Gasteiger partial charge on any atom is -0.497 e. The monoisotopic (exact) mass is 415 g/mol. The smallest absolute Gasteiger partial charge is 0.325 e. The maximum absolute atomic E-state index is 13.5. The van der Waals surface area contributed by atoms with Gasteiger partial charge in [0.2, 0.25) is 11.9 Å². The molecule has 0 saturated heterocycles. The number of carbonyl (C=O) groups is 1. The summed E-state index contributed by atoms with van der Waals surface area (Å²) in [6.45, 7) is -0.105. The molecule has 0 radical (unpaired) electrons. The van der Waals surface area contributed by atoms with E-state index in [-0.39, 0.29) is 24.3 Å². The van der Waals surface area contributed by atoms with Gasteiger partial charge in [-0.1, -0.05) is 6.07 Å². The minimum absolute atomic E-state index is 0.105. The van der Waals surface area contributed by atoms with Crippen LogP contribution in [0.15, 0.2) is 58.6 Å². The molecule has 29 heavy (non-hydrogen) atoms. The Bertz CT molecular complexity index is 988. The van der Waals surface area contributed by atoms with Crippen LogP contribution in [0.4, 0.5) is 22.0 Å². The highest BCUT2D eigenvalue weighted by molar-refractivity contribution is 7.99. The molecule has 2 aromatic carbocycles. The zero-order valence-corrected chi connectivity index (χ0v) is 16.5. The van der Waals surface area contributed by atoms with Crippen molar-refractivity contribution in [3.8, 4) is 5.75 Å². The quantitative estimate of drug-likeness (QED) is 0.536. The third kappa shape index (κ3) is 6.04. The second kappa shape index (κ2) is 9.69. The summed E-state index contributed by atoms with van der Waals surface area (Å²) in [5.41, 5.74) is 0.482. The number of methoxy groups -OCH3 is 2. The molecule has 10 heteroatoms. The van der Waals surface area contributed by atoms with Gasteiger partial charge in [0, 0.05) is 10.6 Å². The Labute approximate surface area is 170 Å². The number of aromatic nitrogens is 3. The van der Waals surface area contributed by atoms with Crippen LogP contribution in [0.3, 0.4) is 0 Å². The van der Waals surface area contributed by atoms with E-state index in [9.17, 15) is 9.18 Å². The number of anilines is 3. The van der Waals surface area contributed by atoms with Crippen molar-refractivity contribution in [3.63, 3.8) is 0 Å². The summed E-state index contributed by atoms with van der Waals surface area (Å²) in [6.07, 6.45) is 0. The number of halogens is 1. The van der Waals surface area contributed by atoms with Gasteiger partial charge in [-0.2, -0.15) is 15.0 Å². The Morgan fingerprint density at radius 3 is 2.52 bits per heavy atom. The number of hydrogen-bond acceptors (Lipinski definition) is 9. The van der Waals surface area contributed by atoms with Gasteiger partial charge in [0.05, 0.1) is 14.2 Å². The maximum atomic E-state index is 13.5. The van der Waals surface area contributed by atoms with Crippen LogP contribution in [0.1, 0.15) is 0 Å². The first-order chi connectivity index (χ1) is 14.1. The van der Waals surface area contributed by atoms with Crippen LogP contribution in [0.25, 0.3) is 0 Å². The molecule has 0 aliphatic heterocycles. The average Bonchev–Trinajstić information content (AvgIpc) is 2.72. The van der Waals surface area contributed by atoms with E-state index in [0.29, 0.717) is 10.8 Å². The van der Waals surface area contributed by atoms with Gasteiger partial charge in [-0.05, 0) is 54.2 Å². The molecule has 150 valence electrons. The van der Waals surface area contributed by atoms with Gasteiger partial charge in [-0.3, -0.25) is 4.79 Å². The maximum Gasteiger partial charge on any atom is 0.325 e. The van der Waals surface area contributed by atoms with Crippen molar-refractivity contribution in [1.82, 2.24) is 15.0 Å². The molecule has 2 N–H and O–H groups in total. The summed E-state index contributed by atoms with van der Waals surface area (Å²) in [4.78, 5) is 25.2. The number of hydrogen-bond donors (Lipinski definition) is 2. The lowest BCUT2D eigenvalue weighted by atomic mass is 10.3. The first-order valence-electron chi connectivity index (χ1n) is 8.47. The molecule has 0 fully saturated rings. The predicted octanol–water partition coefficient (Wildman–Crippen LogP) is 3.50. The molecule has 1 heterocycles. The second-order valence-electron chi connectivity index (χ2n) is 5.61. The van der Waals surface area contributed by atoms with E-state index in [1.165, 1.54) is 31.0 Å². The summed E-state index contributed by atoms with van der Waals surface area (Å²) < 4.78 is 23.2. The Morgan fingerprint density at radius 1 is 1.07 bits per heavy atom. The molecular weight excluding hydrogens is 397 g/mol. The zero-order chi connectivity index (χ0) is 20.6. The van der Waals surface area contributed by atoms with Crippen LogP contribution < -0.4 is 15.4 Å². The van der Waals surface area contributed by atoms with Gasteiger partial charge in [0.15, 0.2) is 5.16 Å². The molecular formula is C19H18FN5O3S. The SMILES string of the molecule is COC(=O)CNc1nc(Nc2cccc(F)c2)nc(Sc2ccc(OC)cc2)n1. The topological polar surface area (TPSA) is 98.3 Å². The number of benzene rings is 2. The van der Waals surface area contributed by atoms with Gasteiger partial charge < -0.3 is 20.1 Å². The van der Waals surface area contributed by atoms with Crippen LogP contribution in [0, 0.1) is 5.82 Å². The lowest BCUT2D eigenvalue weighted by Crippen LogP contribution is -2.17. The van der Waals surface area contributed by atoms with E-state index in [4.69, 9.17) is 4.74 Å². The first kappa shape index (κ1) is 20.3. The predicted molar refractivity (Wildman–Crippen MR) is 107 cm³/mol. The molecule has 1 aromatic heterocycles. The number of rotatable bonds is 8. The standard InChI is InChI=1S/C19H18FN5O3S/c1-27-14-6-8-15(9-7-14)29-19-24-17(21-11-16(26)28-2)23-18(25-19)22-13-5-3-4-12(20)10-13/h3-10H,11H2,1-2H3,(H2,21,22,23,24,25). The summed E-state index contributed by atoms with van der Waals surface area (Å²) in [5, 5.41) is 6.12. The van der Waals surface area contributed by atoms with Crippen LogP contribution >= 0.6 is 11.8 Å². The van der Waals surface area contributed by atoms with Crippen LogP contribution in [0.5, 0.6) is 5.75 Å². The third-order valence-electron chi connectivity index (χ3n) is 3.58. The Morgan fingerprint density at radius 2 is 1.83 bits per heavy atom. The van der Waals surface area contributed by atoms with Gasteiger partial charge in [0.25, 0.3) is 0 Å². The molecule has 0 amide bonds. The Hall–Kier alpha value is -3.40. The molecule has 0 unspecified atom stereocenters. The average molecular weight is 415 g/mol. The number of nitrogens with zero attached hydrogens (tertiary/aromatic N) is 3. The fourth-order valence-electron chi connectivity index (χ4n) is 2.21. The summed E-state index contributed by atoms with van der Waals surface area (Å²) >= 11 is 1.30. The molecule has 0 bridgehead atoms. The molecule has 0 atom stereocenters. The number of nitrogens with one attached hydrogen (secondary N) is 2. The van der Waals surface area contributed by atoms with E-state index in [2.05, 4.69) is 30.3 Å². The van der Waals surface area contributed by atoms with Crippen molar-refractivity contribution in [1.29, 1.82) is 0 Å². The van der Waals surface area contributed by atoms with Crippen molar-refractivity contribution in [2.24, 2.45) is 0 Å². The van der Waals surface area contributed by atoms with Crippen molar-refractivity contribution < 1.29 is 18.7 Å². The summed E-state index contributed by atoms with van der Waals surface area (Å²) in [6, 6.07) is 13.3. The van der Waals surface area contributed by atoms with E-state index in [1.807, 2.05) is 24.3 Å². The number of esters is 1. The summed E-state index contributed by atoms with van der Waals surface area (Å²) in [5.74, 6) is 0.267. The van der Waals surface area contributed by atoms with Gasteiger partial charge in [0.1, 0.15) is 18.1 Å². The van der Waals surface area contributed by atoms with Crippen LogP contribution in [0.2, 0.25) is 0 Å². The molecule has 8 nitrogen and oxygen atoms in total. The minimum atomic E-state index is -0.464. The summed E-state index contributed by atoms with van der Waals surface area (Å²) in [7, 11) is 2.89. The normalized spacial score (nSPS) is 10.3. The fraction of sp³-hybridized carbons (Fsp3) is 0.158. The Kier molecular flexibility index (Phi) is 6.80. The van der Waals surface area contributed by atoms with E-state index < -0.39 is 5.97 Å². The number of carbonyl (C=O) groups excluding carboxylic acids is 1. The van der Waals surface area contributed by atoms with E-state index in [0.717, 1.165) is 10.6 Å². The third-order valence-corrected chi connectivity index (χ3v) is 4.46. The van der Waals surface area contributed by atoms with Crippen LogP contribution in [-0.4, -0.2) is 41.7 Å². The van der Waals surface area contributed by atoms with Gasteiger partial charge >= 0.3 is 5.97 Å². The Balaban J connectivity index is 1.85. The molecule has 0 aliphatic carbocycles. The molecule has 3 aromatic rings. The van der Waals surface area contributed by atoms with Gasteiger partial charge in [-0.25, -0.2) is 4.39 Å². The lowest BCUT2D eigenvalue weighted by Gasteiger charge is -2.10. The van der Waals surface area contributed by atoms with Crippen molar-refractivity contribution >= 4 is 35.3 Å². The largest absolute Gasteiger partial charge is 0.497 e. The van der Waals surface area contributed by atoms with Gasteiger partial charge in [-0.15, -0.1) is 0 Å². The zero-order valence-electron chi connectivity index (χ0n) is 15.7. The van der Waals surface area contributed by atoms with E-state index in [1.54, 1.807) is 19.2 Å². The molecule has 3 rings (SSSR count). The van der Waals surface area contributed by atoms with Crippen molar-refractivity contribution in [2.45, 2.75) is 10.1 Å². The van der Waals surface area contributed by atoms with E-state index >= 15 is 0 Å². The highest BCUT2D eigenvalue weighted by Crippen LogP contribution is 2.28. The fourth-order valence-corrected chi connectivity index (χ4v) is 2.95. The molecule has 0 spiro atoms. The number of ether oxygens (including phenoxy) is 2. The van der Waals surface area contributed by atoms with Crippen LogP contribution in [-0.2, 0) is 9.53 Å². The first-order valence-corrected chi connectivity index (χ1v) is 9.28.